The molecule has 2 N–H and O–H groups in total. The molecule has 3 rings (SSSR count). The quantitative estimate of drug-likeness (QED) is 0.413. The molecule has 0 radical (unpaired) electrons. The van der Waals surface area contributed by atoms with Gasteiger partial charge in [-0.15, -0.1) is 10.2 Å². The average molecular weight is 355 g/mol. The molecule has 0 saturated carbocycles. The Morgan fingerprint density at radius 3 is 2.44 bits per heavy atom. The molecule has 0 aliphatic heterocycles. The number of non-ortho nitro benzene ring substituents is 1. The summed E-state index contributed by atoms with van der Waals surface area (Å²) in [6.07, 6.45) is 0. The first-order chi connectivity index (χ1) is 12.1. The molecule has 2 aromatic carbocycles. The number of nitro groups is 1. The minimum Gasteiger partial charge on any atom is -0.322 e. The van der Waals surface area contributed by atoms with Crippen molar-refractivity contribution in [3.05, 3.63) is 76.1 Å². The van der Waals surface area contributed by atoms with Crippen LogP contribution in [0.1, 0.15) is 24.4 Å². The van der Waals surface area contributed by atoms with Crippen LogP contribution in [0.5, 0.6) is 0 Å². The maximum absolute atomic E-state index is 10.9. The Balaban J connectivity index is 1.93. The SMILES string of the molecule is C[C@@H](N)c1nnc(SCc2ccccc2)n1-c1ccc([N+](=O)[O-])cc1. The molecule has 0 spiro atoms. The number of aromatic nitrogens is 3. The zero-order chi connectivity index (χ0) is 17.8. The number of hydrogen-bond acceptors (Lipinski definition) is 6. The van der Waals surface area contributed by atoms with Crippen molar-refractivity contribution in [2.45, 2.75) is 23.9 Å². The summed E-state index contributed by atoms with van der Waals surface area (Å²) in [4.78, 5) is 10.4. The molecule has 3 aromatic rings. The van der Waals surface area contributed by atoms with Crippen molar-refractivity contribution in [1.29, 1.82) is 0 Å². The highest BCUT2D eigenvalue weighted by Gasteiger charge is 2.18. The van der Waals surface area contributed by atoms with Crippen molar-refractivity contribution in [1.82, 2.24) is 14.8 Å². The van der Waals surface area contributed by atoms with Gasteiger partial charge in [0.05, 0.1) is 11.0 Å². The molecule has 7 nitrogen and oxygen atoms in total. The van der Waals surface area contributed by atoms with Crippen LogP contribution in [0.25, 0.3) is 5.69 Å². The number of nitrogens with zero attached hydrogens (tertiary/aromatic N) is 4. The van der Waals surface area contributed by atoms with E-state index in [1.54, 1.807) is 23.9 Å². The van der Waals surface area contributed by atoms with Crippen LogP contribution in [-0.4, -0.2) is 19.7 Å². The summed E-state index contributed by atoms with van der Waals surface area (Å²) in [5, 5.41) is 20.0. The number of thioether (sulfide) groups is 1. The molecule has 0 bridgehead atoms. The first-order valence-electron chi connectivity index (χ1n) is 7.68. The first kappa shape index (κ1) is 17.1. The molecule has 0 saturated heterocycles. The van der Waals surface area contributed by atoms with Crippen molar-refractivity contribution in [2.75, 3.05) is 0 Å². The minimum atomic E-state index is -0.423. The maximum atomic E-state index is 10.9. The molecule has 0 unspecified atom stereocenters. The molecular formula is C17H17N5O2S. The Bertz CT molecular complexity index is 863. The van der Waals surface area contributed by atoms with E-state index in [1.165, 1.54) is 17.7 Å². The highest BCUT2D eigenvalue weighted by atomic mass is 32.2. The summed E-state index contributed by atoms with van der Waals surface area (Å²) < 4.78 is 1.85. The molecular weight excluding hydrogens is 338 g/mol. The van der Waals surface area contributed by atoms with Gasteiger partial charge >= 0.3 is 0 Å². The van der Waals surface area contributed by atoms with Crippen LogP contribution in [0.4, 0.5) is 5.69 Å². The summed E-state index contributed by atoms with van der Waals surface area (Å²) >= 11 is 1.54. The van der Waals surface area contributed by atoms with E-state index >= 15 is 0 Å². The number of nitrogens with two attached hydrogens (primary N) is 1. The van der Waals surface area contributed by atoms with Gasteiger partial charge in [0.25, 0.3) is 5.69 Å². The van der Waals surface area contributed by atoms with Gasteiger partial charge in [0.2, 0.25) is 0 Å². The molecule has 1 aromatic heterocycles. The molecule has 0 amide bonds. The molecule has 1 atom stereocenters. The zero-order valence-electron chi connectivity index (χ0n) is 13.6. The van der Waals surface area contributed by atoms with E-state index in [0.29, 0.717) is 11.0 Å². The molecule has 25 heavy (non-hydrogen) atoms. The van der Waals surface area contributed by atoms with E-state index in [9.17, 15) is 10.1 Å². The summed E-state index contributed by atoms with van der Waals surface area (Å²) in [6.45, 7) is 1.83. The summed E-state index contributed by atoms with van der Waals surface area (Å²) in [5.74, 6) is 1.36. The average Bonchev–Trinajstić information content (AvgIpc) is 3.05. The molecule has 128 valence electrons. The van der Waals surface area contributed by atoms with Crippen LogP contribution in [0, 0.1) is 10.1 Å². The normalized spacial score (nSPS) is 12.1. The smallest absolute Gasteiger partial charge is 0.269 e. The zero-order valence-corrected chi connectivity index (χ0v) is 14.4. The standard InChI is InChI=1S/C17H17N5O2S/c1-12(18)16-19-20-17(25-11-13-5-3-2-4-6-13)21(16)14-7-9-15(10-8-14)22(23)24/h2-10,12H,11,18H2,1H3/t12-/m1/s1. The topological polar surface area (TPSA) is 99.9 Å². The maximum Gasteiger partial charge on any atom is 0.269 e. The Morgan fingerprint density at radius 1 is 1.16 bits per heavy atom. The van der Waals surface area contributed by atoms with Gasteiger partial charge in [0.15, 0.2) is 11.0 Å². The fourth-order valence-electron chi connectivity index (χ4n) is 2.36. The minimum absolute atomic E-state index is 0.0395. The van der Waals surface area contributed by atoms with E-state index < -0.39 is 4.92 Å². The molecule has 8 heteroatoms. The van der Waals surface area contributed by atoms with Gasteiger partial charge in [-0.2, -0.15) is 0 Å². The van der Waals surface area contributed by atoms with Crippen LogP contribution in [-0.2, 0) is 5.75 Å². The third-order valence-corrected chi connectivity index (χ3v) is 4.60. The molecule has 0 aliphatic carbocycles. The van der Waals surface area contributed by atoms with Crippen LogP contribution in [0.2, 0.25) is 0 Å². The lowest BCUT2D eigenvalue weighted by Crippen LogP contribution is -2.13. The predicted octanol–water partition coefficient (Wildman–Crippen LogP) is 3.49. The van der Waals surface area contributed by atoms with Gasteiger partial charge in [0.1, 0.15) is 0 Å². The first-order valence-corrected chi connectivity index (χ1v) is 8.67. The highest BCUT2D eigenvalue weighted by molar-refractivity contribution is 7.98. The summed E-state index contributed by atoms with van der Waals surface area (Å²) in [5.41, 5.74) is 7.97. The number of rotatable bonds is 6. The van der Waals surface area contributed by atoms with Gasteiger partial charge < -0.3 is 5.73 Å². The van der Waals surface area contributed by atoms with E-state index in [1.807, 2.05) is 41.8 Å². The lowest BCUT2D eigenvalue weighted by Gasteiger charge is -2.12. The van der Waals surface area contributed by atoms with Crippen LogP contribution < -0.4 is 5.73 Å². The van der Waals surface area contributed by atoms with Gasteiger partial charge in [-0.1, -0.05) is 42.1 Å². The fourth-order valence-corrected chi connectivity index (χ4v) is 3.27. The Morgan fingerprint density at radius 2 is 1.84 bits per heavy atom. The third-order valence-electron chi connectivity index (χ3n) is 3.60. The second kappa shape index (κ2) is 7.45. The third kappa shape index (κ3) is 3.86. The highest BCUT2D eigenvalue weighted by Crippen LogP contribution is 2.27. The lowest BCUT2D eigenvalue weighted by molar-refractivity contribution is -0.384. The Kier molecular flexibility index (Phi) is 5.11. The monoisotopic (exact) mass is 355 g/mol. The van der Waals surface area contributed by atoms with E-state index in [0.717, 1.165) is 11.4 Å². The van der Waals surface area contributed by atoms with Crippen molar-refractivity contribution in [2.24, 2.45) is 5.73 Å². The van der Waals surface area contributed by atoms with Crippen LogP contribution in [0.3, 0.4) is 0 Å². The van der Waals surface area contributed by atoms with Crippen LogP contribution in [0.15, 0.2) is 59.8 Å². The van der Waals surface area contributed by atoms with Gasteiger partial charge in [-0.05, 0) is 24.6 Å². The second-order valence-electron chi connectivity index (χ2n) is 5.51. The van der Waals surface area contributed by atoms with Crippen molar-refractivity contribution in [3.8, 4) is 5.69 Å². The fraction of sp³-hybridized carbons (Fsp3) is 0.176. The summed E-state index contributed by atoms with van der Waals surface area (Å²) in [7, 11) is 0. The number of hydrogen-bond donors (Lipinski definition) is 1. The van der Waals surface area contributed by atoms with Gasteiger partial charge in [-0.25, -0.2) is 0 Å². The van der Waals surface area contributed by atoms with Crippen molar-refractivity contribution in [3.63, 3.8) is 0 Å². The van der Waals surface area contributed by atoms with Gasteiger partial charge in [-0.3, -0.25) is 14.7 Å². The van der Waals surface area contributed by atoms with Crippen molar-refractivity contribution >= 4 is 17.4 Å². The number of benzene rings is 2. The Hall–Kier alpha value is -2.71. The predicted molar refractivity (Wildman–Crippen MR) is 96.6 cm³/mol. The van der Waals surface area contributed by atoms with Gasteiger partial charge in [0, 0.05) is 23.6 Å². The largest absolute Gasteiger partial charge is 0.322 e. The molecule has 0 aliphatic rings. The van der Waals surface area contributed by atoms with Crippen molar-refractivity contribution < 1.29 is 4.92 Å². The van der Waals surface area contributed by atoms with E-state index in [2.05, 4.69) is 10.2 Å². The lowest BCUT2D eigenvalue weighted by atomic mass is 10.2. The molecule has 0 fully saturated rings. The van der Waals surface area contributed by atoms with E-state index in [-0.39, 0.29) is 11.7 Å². The summed E-state index contributed by atoms with van der Waals surface area (Å²) in [6, 6.07) is 16.0. The van der Waals surface area contributed by atoms with E-state index in [4.69, 9.17) is 5.73 Å². The molecule has 1 heterocycles. The van der Waals surface area contributed by atoms with Crippen LogP contribution >= 0.6 is 11.8 Å². The second-order valence-corrected chi connectivity index (χ2v) is 6.46. The number of nitro benzene ring substituents is 1. The Labute approximate surface area is 149 Å².